The molecule has 0 unspecified atom stereocenters. The zero-order chi connectivity index (χ0) is 13.8. The molecule has 0 aliphatic carbocycles. The van der Waals surface area contributed by atoms with Gasteiger partial charge in [0.1, 0.15) is 23.7 Å². The number of ether oxygens (including phenoxy) is 2. The molecule has 0 atom stereocenters. The Morgan fingerprint density at radius 1 is 1.33 bits per heavy atom. The maximum absolute atomic E-state index is 13.0. The first kappa shape index (κ1) is 14.4. The van der Waals surface area contributed by atoms with E-state index in [1.165, 1.54) is 6.07 Å². The highest BCUT2D eigenvalue weighted by molar-refractivity contribution is 5.90. The van der Waals surface area contributed by atoms with Gasteiger partial charge in [0.05, 0.1) is 12.2 Å². The van der Waals surface area contributed by atoms with Gasteiger partial charge in [-0.25, -0.2) is 9.18 Å². The Hall–Kier alpha value is -1.62. The molecule has 0 saturated carbocycles. The molecule has 0 saturated heterocycles. The minimum Gasteiger partial charge on any atom is -0.490 e. The molecule has 5 heteroatoms. The minimum atomic E-state index is -1.15. The standard InChI is InChI=1S/C13H17FO4/c1-13(2,3)18-7-6-17-11-8-9(14)4-5-10(11)12(15)16/h4-5,8H,6-7H2,1-3H3,(H,15,16). The lowest BCUT2D eigenvalue weighted by Gasteiger charge is -2.19. The molecule has 1 rings (SSSR count). The molecule has 100 valence electrons. The predicted octanol–water partition coefficient (Wildman–Crippen LogP) is 2.72. The third kappa shape index (κ3) is 4.71. The van der Waals surface area contributed by atoms with Crippen LogP contribution in [-0.4, -0.2) is 29.9 Å². The molecule has 18 heavy (non-hydrogen) atoms. The predicted molar refractivity (Wildman–Crippen MR) is 64.6 cm³/mol. The molecular weight excluding hydrogens is 239 g/mol. The number of aromatic carboxylic acids is 1. The van der Waals surface area contributed by atoms with Crippen molar-refractivity contribution in [1.29, 1.82) is 0 Å². The van der Waals surface area contributed by atoms with E-state index < -0.39 is 11.8 Å². The van der Waals surface area contributed by atoms with Crippen molar-refractivity contribution in [3.05, 3.63) is 29.6 Å². The van der Waals surface area contributed by atoms with Crippen LogP contribution in [0.15, 0.2) is 18.2 Å². The summed E-state index contributed by atoms with van der Waals surface area (Å²) in [6.45, 7) is 6.17. The molecular formula is C13H17FO4. The largest absolute Gasteiger partial charge is 0.490 e. The lowest BCUT2D eigenvalue weighted by atomic mass is 10.2. The van der Waals surface area contributed by atoms with Crippen LogP contribution < -0.4 is 4.74 Å². The monoisotopic (exact) mass is 256 g/mol. The van der Waals surface area contributed by atoms with Crippen molar-refractivity contribution in [2.75, 3.05) is 13.2 Å². The smallest absolute Gasteiger partial charge is 0.339 e. The van der Waals surface area contributed by atoms with E-state index in [1.807, 2.05) is 20.8 Å². The number of carbonyl (C=O) groups is 1. The van der Waals surface area contributed by atoms with Crippen molar-refractivity contribution >= 4 is 5.97 Å². The topological polar surface area (TPSA) is 55.8 Å². The van der Waals surface area contributed by atoms with Gasteiger partial charge in [-0.05, 0) is 32.9 Å². The molecule has 0 amide bonds. The van der Waals surface area contributed by atoms with Crippen molar-refractivity contribution in [1.82, 2.24) is 0 Å². The quantitative estimate of drug-likeness (QED) is 0.823. The summed E-state index contributed by atoms with van der Waals surface area (Å²) in [6, 6.07) is 3.32. The summed E-state index contributed by atoms with van der Waals surface area (Å²) in [7, 11) is 0. The van der Waals surface area contributed by atoms with Crippen LogP contribution >= 0.6 is 0 Å². The molecule has 0 bridgehead atoms. The van der Waals surface area contributed by atoms with Crippen LogP contribution in [0.3, 0.4) is 0 Å². The van der Waals surface area contributed by atoms with E-state index in [9.17, 15) is 9.18 Å². The summed E-state index contributed by atoms with van der Waals surface area (Å²) in [5.74, 6) is -1.67. The van der Waals surface area contributed by atoms with Crippen LogP contribution in [0.25, 0.3) is 0 Å². The highest BCUT2D eigenvalue weighted by Gasteiger charge is 2.13. The average molecular weight is 256 g/mol. The Balaban J connectivity index is 2.61. The van der Waals surface area contributed by atoms with Gasteiger partial charge in [0.25, 0.3) is 0 Å². The summed E-state index contributed by atoms with van der Waals surface area (Å²) < 4.78 is 23.6. The molecule has 0 aliphatic rings. The van der Waals surface area contributed by atoms with E-state index in [2.05, 4.69) is 0 Å². The van der Waals surface area contributed by atoms with Gasteiger partial charge in [-0.3, -0.25) is 0 Å². The van der Waals surface area contributed by atoms with Crippen LogP contribution in [-0.2, 0) is 4.74 Å². The number of rotatable bonds is 5. The fourth-order valence-electron chi connectivity index (χ4n) is 1.29. The second kappa shape index (κ2) is 5.82. The van der Waals surface area contributed by atoms with Crippen molar-refractivity contribution in [2.45, 2.75) is 26.4 Å². The molecule has 1 aromatic rings. The first-order valence-corrected chi connectivity index (χ1v) is 5.59. The second-order valence-electron chi connectivity index (χ2n) is 4.75. The highest BCUT2D eigenvalue weighted by Crippen LogP contribution is 2.20. The lowest BCUT2D eigenvalue weighted by molar-refractivity contribution is -0.0165. The maximum atomic E-state index is 13.0. The summed E-state index contributed by atoms with van der Waals surface area (Å²) in [5, 5.41) is 8.91. The second-order valence-corrected chi connectivity index (χ2v) is 4.75. The molecule has 1 aromatic carbocycles. The number of carboxylic acids is 1. The van der Waals surface area contributed by atoms with Gasteiger partial charge in [-0.2, -0.15) is 0 Å². The van der Waals surface area contributed by atoms with Crippen LogP contribution in [0.1, 0.15) is 31.1 Å². The van der Waals surface area contributed by atoms with Crippen molar-refractivity contribution in [2.24, 2.45) is 0 Å². The SMILES string of the molecule is CC(C)(C)OCCOc1cc(F)ccc1C(=O)O. The molecule has 0 aliphatic heterocycles. The fraction of sp³-hybridized carbons (Fsp3) is 0.462. The zero-order valence-corrected chi connectivity index (χ0v) is 10.7. The van der Waals surface area contributed by atoms with Crippen molar-refractivity contribution in [3.63, 3.8) is 0 Å². The molecule has 0 spiro atoms. The van der Waals surface area contributed by atoms with Gasteiger partial charge in [0, 0.05) is 6.07 Å². The summed E-state index contributed by atoms with van der Waals surface area (Å²) in [6.07, 6.45) is 0. The summed E-state index contributed by atoms with van der Waals surface area (Å²) >= 11 is 0. The Kier molecular flexibility index (Phi) is 4.67. The van der Waals surface area contributed by atoms with E-state index in [0.717, 1.165) is 12.1 Å². The summed E-state index contributed by atoms with van der Waals surface area (Å²) in [4.78, 5) is 10.9. The normalized spacial score (nSPS) is 11.3. The first-order chi connectivity index (χ1) is 8.29. The molecule has 0 heterocycles. The van der Waals surface area contributed by atoms with Crippen LogP contribution in [0, 0.1) is 5.82 Å². The summed E-state index contributed by atoms with van der Waals surface area (Å²) in [5.41, 5.74) is -0.354. The number of benzene rings is 1. The van der Waals surface area contributed by atoms with Gasteiger partial charge in [-0.15, -0.1) is 0 Å². The number of halogens is 1. The number of carboxylic acid groups (broad SMARTS) is 1. The molecule has 0 radical (unpaired) electrons. The van der Waals surface area contributed by atoms with Crippen LogP contribution in [0.5, 0.6) is 5.75 Å². The average Bonchev–Trinajstić information content (AvgIpc) is 2.22. The number of hydrogen-bond acceptors (Lipinski definition) is 3. The van der Waals surface area contributed by atoms with Crippen LogP contribution in [0.2, 0.25) is 0 Å². The first-order valence-electron chi connectivity index (χ1n) is 5.59. The van der Waals surface area contributed by atoms with Crippen molar-refractivity contribution < 1.29 is 23.8 Å². The Labute approximate surface area is 105 Å². The number of hydrogen-bond donors (Lipinski definition) is 1. The van der Waals surface area contributed by atoms with Gasteiger partial charge < -0.3 is 14.6 Å². The Bertz CT molecular complexity index is 423. The Morgan fingerprint density at radius 2 is 2.00 bits per heavy atom. The van der Waals surface area contributed by atoms with Crippen LogP contribution in [0.4, 0.5) is 4.39 Å². The molecule has 0 fully saturated rings. The van der Waals surface area contributed by atoms with Gasteiger partial charge in [0.2, 0.25) is 0 Å². The van der Waals surface area contributed by atoms with Gasteiger partial charge in [0.15, 0.2) is 0 Å². The van der Waals surface area contributed by atoms with Crippen molar-refractivity contribution in [3.8, 4) is 5.75 Å². The fourth-order valence-corrected chi connectivity index (χ4v) is 1.29. The van der Waals surface area contributed by atoms with E-state index in [0.29, 0.717) is 6.61 Å². The molecule has 0 aromatic heterocycles. The van der Waals surface area contributed by atoms with Gasteiger partial charge in [-0.1, -0.05) is 0 Å². The zero-order valence-electron chi connectivity index (χ0n) is 10.7. The van der Waals surface area contributed by atoms with E-state index in [4.69, 9.17) is 14.6 Å². The van der Waals surface area contributed by atoms with E-state index >= 15 is 0 Å². The van der Waals surface area contributed by atoms with E-state index in [1.54, 1.807) is 0 Å². The third-order valence-electron chi connectivity index (χ3n) is 2.05. The highest BCUT2D eigenvalue weighted by atomic mass is 19.1. The lowest BCUT2D eigenvalue weighted by Crippen LogP contribution is -2.22. The maximum Gasteiger partial charge on any atom is 0.339 e. The molecule has 1 N–H and O–H groups in total. The molecule has 4 nitrogen and oxygen atoms in total. The minimum absolute atomic E-state index is 0.0139. The van der Waals surface area contributed by atoms with E-state index in [-0.39, 0.29) is 23.5 Å². The Morgan fingerprint density at radius 3 is 2.56 bits per heavy atom. The third-order valence-corrected chi connectivity index (χ3v) is 2.05. The van der Waals surface area contributed by atoms with Gasteiger partial charge >= 0.3 is 5.97 Å².